The maximum Gasteiger partial charge on any atom is 0.303 e. The summed E-state index contributed by atoms with van der Waals surface area (Å²) in [5, 5.41) is 8.88. The van der Waals surface area contributed by atoms with Crippen LogP contribution in [0.4, 0.5) is 0 Å². The molecule has 0 aliphatic carbocycles. The summed E-state index contributed by atoms with van der Waals surface area (Å²) in [6.07, 6.45) is 3.05. The van der Waals surface area contributed by atoms with E-state index in [9.17, 15) is 4.79 Å². The Labute approximate surface area is 108 Å². The number of rotatable bonds is 7. The summed E-state index contributed by atoms with van der Waals surface area (Å²) in [7, 11) is 0. The zero-order valence-corrected chi connectivity index (χ0v) is 10.7. The number of hydrogen-bond donors (Lipinski definition) is 2. The minimum Gasteiger partial charge on any atom is -0.481 e. The largest absolute Gasteiger partial charge is 0.481 e. The Balaban J connectivity index is 0.00000256. The molecular formula is C13H20ClNO2. The Morgan fingerprint density at radius 2 is 1.88 bits per heavy atom. The van der Waals surface area contributed by atoms with E-state index >= 15 is 0 Å². The summed E-state index contributed by atoms with van der Waals surface area (Å²) in [6.45, 7) is 0.675. The number of nitrogens with two attached hydrogens (primary N) is 1. The van der Waals surface area contributed by atoms with Gasteiger partial charge in [-0.05, 0) is 30.9 Å². The lowest BCUT2D eigenvalue weighted by molar-refractivity contribution is -0.137. The molecule has 0 fully saturated rings. The van der Waals surface area contributed by atoms with Crippen molar-refractivity contribution < 1.29 is 9.90 Å². The molecule has 4 heteroatoms. The molecule has 0 saturated heterocycles. The molecule has 1 atom stereocenters. The van der Waals surface area contributed by atoms with E-state index in [0.29, 0.717) is 6.54 Å². The molecule has 0 bridgehead atoms. The number of benzene rings is 1. The number of carboxylic acid groups (broad SMARTS) is 1. The minimum absolute atomic E-state index is 0. The normalized spacial score (nSPS) is 11.6. The Kier molecular flexibility index (Phi) is 8.46. The van der Waals surface area contributed by atoms with Gasteiger partial charge in [-0.3, -0.25) is 4.79 Å². The molecule has 0 unspecified atom stereocenters. The molecule has 3 N–H and O–H groups in total. The zero-order valence-electron chi connectivity index (χ0n) is 9.84. The topological polar surface area (TPSA) is 63.3 Å². The monoisotopic (exact) mass is 257 g/mol. The first-order valence-corrected chi connectivity index (χ1v) is 5.71. The molecule has 1 aromatic rings. The fourth-order valence-corrected chi connectivity index (χ4v) is 1.86. The molecule has 3 nitrogen and oxygen atoms in total. The summed E-state index contributed by atoms with van der Waals surface area (Å²) in [6, 6.07) is 9.84. The Morgan fingerprint density at radius 3 is 2.41 bits per heavy atom. The van der Waals surface area contributed by atoms with Crippen molar-refractivity contribution in [2.24, 2.45) is 5.73 Å². The van der Waals surface area contributed by atoms with Crippen molar-refractivity contribution in [2.75, 3.05) is 6.54 Å². The van der Waals surface area contributed by atoms with Crippen molar-refractivity contribution in [3.05, 3.63) is 35.9 Å². The van der Waals surface area contributed by atoms with E-state index in [4.69, 9.17) is 10.8 Å². The van der Waals surface area contributed by atoms with E-state index in [2.05, 4.69) is 0 Å². The number of carboxylic acids is 1. The van der Waals surface area contributed by atoms with Crippen LogP contribution >= 0.6 is 12.4 Å². The number of halogens is 1. The highest BCUT2D eigenvalue weighted by Gasteiger charge is 2.14. The third kappa shape index (κ3) is 6.29. The molecular weight excluding hydrogens is 238 g/mol. The lowest BCUT2D eigenvalue weighted by Gasteiger charge is -2.14. The molecule has 1 rings (SSSR count). The fourth-order valence-electron chi connectivity index (χ4n) is 1.86. The smallest absolute Gasteiger partial charge is 0.303 e. The molecule has 1 aromatic carbocycles. The highest BCUT2D eigenvalue weighted by atomic mass is 35.5. The van der Waals surface area contributed by atoms with Gasteiger partial charge in [0.25, 0.3) is 0 Å². The summed E-state index contributed by atoms with van der Waals surface area (Å²) < 4.78 is 0. The average molecular weight is 258 g/mol. The second-order valence-corrected chi connectivity index (χ2v) is 3.99. The maximum atomic E-state index is 10.8. The standard InChI is InChI=1S/C13H19NO2.ClH/c14-9-5-4-8-12(10-13(15)16)11-6-2-1-3-7-11;/h1-3,6-7,12H,4-5,8-10,14H2,(H,15,16);1H/t12-;/m0./s1. The maximum absolute atomic E-state index is 10.8. The lowest BCUT2D eigenvalue weighted by atomic mass is 9.91. The van der Waals surface area contributed by atoms with Crippen LogP contribution in [0.15, 0.2) is 30.3 Å². The van der Waals surface area contributed by atoms with E-state index in [-0.39, 0.29) is 24.7 Å². The van der Waals surface area contributed by atoms with Crippen molar-refractivity contribution in [2.45, 2.75) is 31.6 Å². The molecule has 96 valence electrons. The van der Waals surface area contributed by atoms with Crippen molar-refractivity contribution in [3.8, 4) is 0 Å². The highest BCUT2D eigenvalue weighted by molar-refractivity contribution is 5.85. The summed E-state index contributed by atoms with van der Waals surface area (Å²) in [4.78, 5) is 10.8. The lowest BCUT2D eigenvalue weighted by Crippen LogP contribution is -2.07. The van der Waals surface area contributed by atoms with Crippen LogP contribution in [0.25, 0.3) is 0 Å². The van der Waals surface area contributed by atoms with Gasteiger partial charge in [0.15, 0.2) is 0 Å². The molecule has 0 heterocycles. The Morgan fingerprint density at radius 1 is 1.24 bits per heavy atom. The molecule has 0 radical (unpaired) electrons. The van der Waals surface area contributed by atoms with Crippen molar-refractivity contribution in [1.29, 1.82) is 0 Å². The molecule has 0 aliphatic heterocycles. The van der Waals surface area contributed by atoms with Gasteiger partial charge in [-0.15, -0.1) is 12.4 Å². The molecule has 0 aromatic heterocycles. The molecule has 0 aliphatic rings. The van der Waals surface area contributed by atoms with E-state index in [0.717, 1.165) is 24.8 Å². The minimum atomic E-state index is -0.735. The summed E-state index contributed by atoms with van der Waals surface area (Å²) in [5.74, 6) is -0.619. The Hall–Kier alpha value is -1.06. The van der Waals surface area contributed by atoms with Gasteiger partial charge in [0, 0.05) is 0 Å². The highest BCUT2D eigenvalue weighted by Crippen LogP contribution is 2.25. The first-order chi connectivity index (χ1) is 7.74. The van der Waals surface area contributed by atoms with Crippen LogP contribution in [-0.2, 0) is 4.79 Å². The number of aliphatic carboxylic acids is 1. The SMILES string of the molecule is Cl.NCCCC[C@@H](CC(=O)O)c1ccccc1. The van der Waals surface area contributed by atoms with Crippen molar-refractivity contribution >= 4 is 18.4 Å². The average Bonchev–Trinajstić information content (AvgIpc) is 2.29. The second kappa shape index (κ2) is 9.02. The predicted octanol–water partition coefficient (Wildman–Crippen LogP) is 2.80. The Bertz CT molecular complexity index is 316. The van der Waals surface area contributed by atoms with Gasteiger partial charge in [-0.2, -0.15) is 0 Å². The molecule has 0 spiro atoms. The number of unbranched alkanes of at least 4 members (excludes halogenated alkanes) is 1. The summed E-state index contributed by atoms with van der Waals surface area (Å²) >= 11 is 0. The first-order valence-electron chi connectivity index (χ1n) is 5.71. The van der Waals surface area contributed by atoms with Crippen LogP contribution in [0, 0.1) is 0 Å². The van der Waals surface area contributed by atoms with E-state index in [1.807, 2.05) is 30.3 Å². The van der Waals surface area contributed by atoms with Gasteiger partial charge < -0.3 is 10.8 Å². The molecule has 17 heavy (non-hydrogen) atoms. The van der Waals surface area contributed by atoms with E-state index in [1.165, 1.54) is 0 Å². The molecule has 0 saturated carbocycles. The first kappa shape index (κ1) is 15.9. The predicted molar refractivity (Wildman–Crippen MR) is 71.6 cm³/mol. The van der Waals surface area contributed by atoms with Crippen LogP contribution in [0.2, 0.25) is 0 Å². The van der Waals surface area contributed by atoms with E-state index in [1.54, 1.807) is 0 Å². The van der Waals surface area contributed by atoms with Gasteiger partial charge in [-0.1, -0.05) is 36.8 Å². The van der Waals surface area contributed by atoms with Gasteiger partial charge in [0.05, 0.1) is 6.42 Å². The van der Waals surface area contributed by atoms with Crippen LogP contribution in [0.1, 0.15) is 37.2 Å². The molecule has 0 amide bonds. The number of carbonyl (C=O) groups is 1. The summed E-state index contributed by atoms with van der Waals surface area (Å²) in [5.41, 5.74) is 6.55. The van der Waals surface area contributed by atoms with Crippen LogP contribution in [0.3, 0.4) is 0 Å². The van der Waals surface area contributed by atoms with Crippen LogP contribution in [-0.4, -0.2) is 17.6 Å². The van der Waals surface area contributed by atoms with Crippen molar-refractivity contribution in [3.63, 3.8) is 0 Å². The fraction of sp³-hybridized carbons (Fsp3) is 0.462. The van der Waals surface area contributed by atoms with Gasteiger partial charge in [0.2, 0.25) is 0 Å². The third-order valence-corrected chi connectivity index (χ3v) is 2.70. The van der Waals surface area contributed by atoms with Crippen LogP contribution < -0.4 is 5.73 Å². The third-order valence-electron chi connectivity index (χ3n) is 2.70. The number of hydrogen-bond acceptors (Lipinski definition) is 2. The second-order valence-electron chi connectivity index (χ2n) is 3.99. The van der Waals surface area contributed by atoms with Crippen molar-refractivity contribution in [1.82, 2.24) is 0 Å². The van der Waals surface area contributed by atoms with E-state index < -0.39 is 5.97 Å². The van der Waals surface area contributed by atoms with Gasteiger partial charge >= 0.3 is 5.97 Å². The van der Waals surface area contributed by atoms with Crippen LogP contribution in [0.5, 0.6) is 0 Å². The van der Waals surface area contributed by atoms with Gasteiger partial charge in [0.1, 0.15) is 0 Å². The zero-order chi connectivity index (χ0) is 11.8. The quantitative estimate of drug-likeness (QED) is 0.739. The van der Waals surface area contributed by atoms with Gasteiger partial charge in [-0.25, -0.2) is 0 Å².